The summed E-state index contributed by atoms with van der Waals surface area (Å²) in [6, 6.07) is 8.88. The third-order valence-electron chi connectivity index (χ3n) is 5.75. The highest BCUT2D eigenvalue weighted by Crippen LogP contribution is 2.19. The molecule has 0 amide bonds. The number of hydrogen-bond acceptors (Lipinski definition) is 5. The Hall–Kier alpha value is -1.14. The van der Waals surface area contributed by atoms with Gasteiger partial charge < -0.3 is 19.5 Å². The number of likely N-dealkylation sites (tertiary alicyclic amines) is 1. The molecule has 1 aromatic rings. The van der Waals surface area contributed by atoms with Gasteiger partial charge in [0.15, 0.2) is 0 Å². The van der Waals surface area contributed by atoms with Crippen molar-refractivity contribution in [1.29, 1.82) is 0 Å². The maximum atomic E-state index is 10.4. The van der Waals surface area contributed by atoms with Crippen LogP contribution in [0.4, 0.5) is 0 Å². The molecule has 2 saturated heterocycles. The second-order valence-electron chi connectivity index (χ2n) is 8.09. The maximum absolute atomic E-state index is 10.4. The molecule has 0 spiro atoms. The van der Waals surface area contributed by atoms with Crippen LogP contribution in [-0.2, 0) is 11.3 Å². The first-order valence-electron chi connectivity index (χ1n) is 10.6. The van der Waals surface area contributed by atoms with Crippen molar-refractivity contribution in [2.45, 2.75) is 57.2 Å². The highest BCUT2D eigenvalue weighted by atomic mass is 16.5. The number of aliphatic hydroxyl groups excluding tert-OH is 1. The molecule has 2 aliphatic heterocycles. The molecule has 2 heterocycles. The molecule has 0 radical (unpaired) electrons. The van der Waals surface area contributed by atoms with Crippen molar-refractivity contribution in [3.05, 3.63) is 29.8 Å². The van der Waals surface area contributed by atoms with Crippen molar-refractivity contribution in [2.75, 3.05) is 46.5 Å². The largest absolute Gasteiger partial charge is 0.491 e. The minimum atomic E-state index is -0.434. The van der Waals surface area contributed by atoms with E-state index in [-0.39, 0.29) is 0 Å². The number of β-amino-alcohol motifs (C(OH)–C–C–N with tert-alkyl or cyclic N) is 1. The molecule has 0 bridgehead atoms. The first-order valence-corrected chi connectivity index (χ1v) is 10.6. The standard InChI is InChI=1S/C22H36N2O3/c1-23(20-9-13-26-14-10-20)16-19-7-6-8-22(15-19)27-18-21(25)17-24-11-4-2-3-5-12-24/h6-8,15,20-21,25H,2-5,9-14,16-18H2,1H3. The average Bonchev–Trinajstić information content (AvgIpc) is 2.96. The zero-order chi connectivity index (χ0) is 18.9. The smallest absolute Gasteiger partial charge is 0.119 e. The molecule has 5 heteroatoms. The molecule has 1 aromatic carbocycles. The van der Waals surface area contributed by atoms with Gasteiger partial charge in [0.25, 0.3) is 0 Å². The second-order valence-corrected chi connectivity index (χ2v) is 8.09. The predicted molar refractivity (Wildman–Crippen MR) is 108 cm³/mol. The third-order valence-corrected chi connectivity index (χ3v) is 5.75. The van der Waals surface area contributed by atoms with Gasteiger partial charge >= 0.3 is 0 Å². The van der Waals surface area contributed by atoms with E-state index in [0.717, 1.165) is 51.4 Å². The summed E-state index contributed by atoms with van der Waals surface area (Å²) in [7, 11) is 2.19. The molecule has 1 N–H and O–H groups in total. The molecule has 152 valence electrons. The van der Waals surface area contributed by atoms with Gasteiger partial charge in [-0.15, -0.1) is 0 Å². The molecule has 27 heavy (non-hydrogen) atoms. The van der Waals surface area contributed by atoms with Crippen molar-refractivity contribution in [1.82, 2.24) is 9.80 Å². The molecule has 2 aliphatic rings. The van der Waals surface area contributed by atoms with Crippen molar-refractivity contribution >= 4 is 0 Å². The summed E-state index contributed by atoms with van der Waals surface area (Å²) >= 11 is 0. The van der Waals surface area contributed by atoms with E-state index in [0.29, 0.717) is 19.2 Å². The molecule has 0 aliphatic carbocycles. The van der Waals surface area contributed by atoms with Gasteiger partial charge in [0.05, 0.1) is 0 Å². The van der Waals surface area contributed by atoms with Crippen LogP contribution in [0.3, 0.4) is 0 Å². The lowest BCUT2D eigenvalue weighted by Gasteiger charge is -2.31. The third kappa shape index (κ3) is 7.07. The molecule has 1 atom stereocenters. The lowest BCUT2D eigenvalue weighted by molar-refractivity contribution is 0.0406. The number of nitrogens with zero attached hydrogens (tertiary/aromatic N) is 2. The maximum Gasteiger partial charge on any atom is 0.119 e. The van der Waals surface area contributed by atoms with Crippen LogP contribution >= 0.6 is 0 Å². The van der Waals surface area contributed by atoms with E-state index >= 15 is 0 Å². The average molecular weight is 377 g/mol. The summed E-state index contributed by atoms with van der Waals surface area (Å²) in [6.07, 6.45) is 6.91. The molecule has 3 rings (SSSR count). The predicted octanol–water partition coefficient (Wildman–Crippen LogP) is 2.91. The monoisotopic (exact) mass is 376 g/mol. The number of rotatable bonds is 8. The van der Waals surface area contributed by atoms with E-state index in [1.54, 1.807) is 0 Å². The van der Waals surface area contributed by atoms with Crippen LogP contribution in [0.25, 0.3) is 0 Å². The van der Waals surface area contributed by atoms with Crippen LogP contribution in [0.15, 0.2) is 24.3 Å². The molecule has 1 unspecified atom stereocenters. The van der Waals surface area contributed by atoms with E-state index in [1.165, 1.54) is 31.2 Å². The number of hydrogen-bond donors (Lipinski definition) is 1. The van der Waals surface area contributed by atoms with Crippen LogP contribution in [0.2, 0.25) is 0 Å². The first kappa shape index (κ1) is 20.6. The first-order chi connectivity index (χ1) is 13.2. The Morgan fingerprint density at radius 2 is 1.93 bits per heavy atom. The van der Waals surface area contributed by atoms with Crippen molar-refractivity contribution in [2.24, 2.45) is 0 Å². The van der Waals surface area contributed by atoms with Crippen molar-refractivity contribution in [3.8, 4) is 5.75 Å². The van der Waals surface area contributed by atoms with E-state index in [4.69, 9.17) is 9.47 Å². The highest BCUT2D eigenvalue weighted by Gasteiger charge is 2.18. The Morgan fingerprint density at radius 1 is 1.19 bits per heavy atom. The molecule has 0 aromatic heterocycles. The summed E-state index contributed by atoms with van der Waals surface area (Å²) in [4.78, 5) is 4.79. The summed E-state index contributed by atoms with van der Waals surface area (Å²) in [5.41, 5.74) is 1.25. The molecular formula is C22H36N2O3. The number of ether oxygens (including phenoxy) is 2. The van der Waals surface area contributed by atoms with Crippen LogP contribution in [0.5, 0.6) is 5.75 Å². The fourth-order valence-electron chi connectivity index (χ4n) is 4.14. The SMILES string of the molecule is CN(Cc1cccc(OCC(O)CN2CCCCCC2)c1)C1CCOCC1. The molecule has 5 nitrogen and oxygen atoms in total. The number of benzene rings is 1. The van der Waals surface area contributed by atoms with Crippen LogP contribution in [-0.4, -0.2) is 73.6 Å². The van der Waals surface area contributed by atoms with Crippen molar-refractivity contribution < 1.29 is 14.6 Å². The minimum Gasteiger partial charge on any atom is -0.491 e. The van der Waals surface area contributed by atoms with Gasteiger partial charge in [-0.1, -0.05) is 25.0 Å². The Bertz CT molecular complexity index is 540. The van der Waals surface area contributed by atoms with E-state index in [1.807, 2.05) is 12.1 Å². The van der Waals surface area contributed by atoms with Gasteiger partial charge in [0.1, 0.15) is 18.5 Å². The van der Waals surface area contributed by atoms with E-state index in [9.17, 15) is 5.11 Å². The Balaban J connectivity index is 1.44. The fraction of sp³-hybridized carbons (Fsp3) is 0.727. The van der Waals surface area contributed by atoms with Gasteiger partial charge in [-0.3, -0.25) is 4.90 Å². The lowest BCUT2D eigenvalue weighted by Crippen LogP contribution is -2.36. The Kier molecular flexibility index (Phi) is 8.39. The van der Waals surface area contributed by atoms with Crippen molar-refractivity contribution in [3.63, 3.8) is 0 Å². The summed E-state index contributed by atoms with van der Waals surface area (Å²) in [5, 5.41) is 10.4. The van der Waals surface area contributed by atoms with Gasteiger partial charge in [-0.05, 0) is 63.5 Å². The van der Waals surface area contributed by atoms with Gasteiger partial charge in [-0.2, -0.15) is 0 Å². The quantitative estimate of drug-likeness (QED) is 0.756. The lowest BCUT2D eigenvalue weighted by atomic mass is 10.1. The second kappa shape index (κ2) is 11.0. The normalized spacial score (nSPS) is 21.1. The van der Waals surface area contributed by atoms with Crippen LogP contribution in [0, 0.1) is 0 Å². The zero-order valence-electron chi connectivity index (χ0n) is 16.8. The summed E-state index contributed by atoms with van der Waals surface area (Å²) < 4.78 is 11.4. The summed E-state index contributed by atoms with van der Waals surface area (Å²) in [6.45, 7) is 5.93. The van der Waals surface area contributed by atoms with Gasteiger partial charge in [-0.25, -0.2) is 0 Å². The highest BCUT2D eigenvalue weighted by molar-refractivity contribution is 5.28. The van der Waals surface area contributed by atoms with Crippen LogP contribution in [0.1, 0.15) is 44.1 Å². The van der Waals surface area contributed by atoms with E-state index in [2.05, 4.69) is 29.0 Å². The molecule has 2 fully saturated rings. The minimum absolute atomic E-state index is 0.357. The fourth-order valence-corrected chi connectivity index (χ4v) is 4.14. The van der Waals surface area contributed by atoms with Gasteiger partial charge in [0, 0.05) is 32.3 Å². The summed E-state index contributed by atoms with van der Waals surface area (Å²) in [5.74, 6) is 0.850. The number of aliphatic hydroxyl groups is 1. The molecular weight excluding hydrogens is 340 g/mol. The molecule has 0 saturated carbocycles. The van der Waals surface area contributed by atoms with E-state index < -0.39 is 6.10 Å². The topological polar surface area (TPSA) is 45.2 Å². The van der Waals surface area contributed by atoms with Gasteiger partial charge in [0.2, 0.25) is 0 Å². The van der Waals surface area contributed by atoms with Crippen LogP contribution < -0.4 is 4.74 Å². The zero-order valence-corrected chi connectivity index (χ0v) is 16.8. The Labute approximate surface area is 164 Å². The Morgan fingerprint density at radius 3 is 2.67 bits per heavy atom.